The Hall–Kier alpha value is -4.79. The number of nitrogens with one attached hydrogen (secondary N) is 2. The Kier molecular flexibility index (Phi) is 8.00. The van der Waals surface area contributed by atoms with Crippen molar-refractivity contribution >= 4 is 40.8 Å². The van der Waals surface area contributed by atoms with E-state index in [4.69, 9.17) is 10.1 Å². The number of amides is 3. The van der Waals surface area contributed by atoms with Crippen LogP contribution in [0.5, 0.6) is 0 Å². The van der Waals surface area contributed by atoms with Crippen LogP contribution in [0.25, 0.3) is 0 Å². The highest BCUT2D eigenvalue weighted by molar-refractivity contribution is 6.21. The molecular formula is C31H30N4O5. The van der Waals surface area contributed by atoms with Crippen molar-refractivity contribution in [1.29, 1.82) is 0 Å². The Morgan fingerprint density at radius 2 is 1.65 bits per heavy atom. The number of carboxylic acid groups (broad SMARTS) is 1. The zero-order valence-electron chi connectivity index (χ0n) is 21.9. The minimum absolute atomic E-state index is 0.00209. The molecule has 0 bridgehead atoms. The molecule has 3 N–H and O–H groups in total. The third kappa shape index (κ3) is 6.09. The molecule has 3 aromatic carbocycles. The number of ketones is 1. The van der Waals surface area contributed by atoms with Crippen LogP contribution in [0.3, 0.4) is 0 Å². The first-order chi connectivity index (χ1) is 19.4. The lowest BCUT2D eigenvalue weighted by atomic mass is 9.99. The van der Waals surface area contributed by atoms with Crippen molar-refractivity contribution in [3.63, 3.8) is 0 Å². The summed E-state index contributed by atoms with van der Waals surface area (Å²) in [5.74, 6) is -1.58. The van der Waals surface area contributed by atoms with Gasteiger partial charge in [-0.15, -0.1) is 0 Å². The molecule has 1 fully saturated rings. The highest BCUT2D eigenvalue weighted by Crippen LogP contribution is 2.31. The Morgan fingerprint density at radius 1 is 0.925 bits per heavy atom. The van der Waals surface area contributed by atoms with Crippen molar-refractivity contribution in [3.05, 3.63) is 95.6 Å². The molecule has 9 nitrogen and oxygen atoms in total. The molecule has 0 aromatic heterocycles. The Morgan fingerprint density at radius 3 is 2.40 bits per heavy atom. The summed E-state index contributed by atoms with van der Waals surface area (Å²) < 4.78 is 0. The second-order valence-corrected chi connectivity index (χ2v) is 10.0. The normalized spacial score (nSPS) is 17.0. The van der Waals surface area contributed by atoms with Crippen LogP contribution in [-0.2, 0) is 20.8 Å². The van der Waals surface area contributed by atoms with Crippen molar-refractivity contribution in [2.75, 3.05) is 16.8 Å². The van der Waals surface area contributed by atoms with Crippen molar-refractivity contribution in [3.8, 4) is 0 Å². The quantitative estimate of drug-likeness (QED) is 0.392. The van der Waals surface area contributed by atoms with E-state index in [-0.39, 0.29) is 24.7 Å². The van der Waals surface area contributed by atoms with Gasteiger partial charge in [0.25, 0.3) is 5.91 Å². The molecule has 1 aliphatic carbocycles. The number of nitrogens with zero attached hydrogens (tertiary/aromatic N) is 2. The summed E-state index contributed by atoms with van der Waals surface area (Å²) in [6, 6.07) is 22.5. The predicted molar refractivity (Wildman–Crippen MR) is 152 cm³/mol. The van der Waals surface area contributed by atoms with E-state index < -0.39 is 24.1 Å². The molecule has 0 saturated heterocycles. The number of Topliss-reactive ketones (excluding diaryl/α,β-unsaturated/α-hetero) is 1. The van der Waals surface area contributed by atoms with Gasteiger partial charge in [-0.2, -0.15) is 0 Å². The zero-order valence-corrected chi connectivity index (χ0v) is 21.9. The van der Waals surface area contributed by atoms with E-state index in [9.17, 15) is 19.2 Å². The molecule has 1 heterocycles. The van der Waals surface area contributed by atoms with Gasteiger partial charge in [0, 0.05) is 22.7 Å². The van der Waals surface area contributed by atoms with Gasteiger partial charge in [-0.1, -0.05) is 73.5 Å². The number of carboxylic acids is 1. The topological polar surface area (TPSA) is 128 Å². The van der Waals surface area contributed by atoms with E-state index in [1.165, 1.54) is 4.90 Å². The van der Waals surface area contributed by atoms with Crippen LogP contribution in [0.15, 0.2) is 83.9 Å². The maximum atomic E-state index is 14.0. The summed E-state index contributed by atoms with van der Waals surface area (Å²) in [5.41, 5.74) is 3.43. The number of benzene rings is 3. The molecular weight excluding hydrogens is 508 g/mol. The van der Waals surface area contributed by atoms with Crippen LogP contribution in [0.2, 0.25) is 0 Å². The first kappa shape index (κ1) is 26.8. The lowest BCUT2D eigenvalue weighted by Crippen LogP contribution is -2.50. The molecule has 3 amide bonds. The van der Waals surface area contributed by atoms with Gasteiger partial charge >= 0.3 is 12.0 Å². The monoisotopic (exact) mass is 538 g/mol. The Bertz CT molecular complexity index is 1460. The van der Waals surface area contributed by atoms with Crippen molar-refractivity contribution in [2.24, 2.45) is 10.9 Å². The third-order valence-electron chi connectivity index (χ3n) is 7.19. The maximum Gasteiger partial charge on any atom is 0.321 e. The molecule has 1 unspecified atom stereocenters. The van der Waals surface area contributed by atoms with Crippen molar-refractivity contribution < 1.29 is 24.3 Å². The number of hydrogen-bond acceptors (Lipinski definition) is 5. The number of benzodiazepines with no additional fused rings is 1. The van der Waals surface area contributed by atoms with E-state index in [1.807, 2.05) is 48.5 Å². The molecule has 1 atom stereocenters. The average molecular weight is 539 g/mol. The minimum Gasteiger partial charge on any atom is -0.481 e. The standard InChI is InChI=1S/C31H30N4O5/c36-26(21-10-4-5-11-21)19-35-25-16-7-6-15-24(25)28(22-12-2-1-3-13-22)33-29(30(35)39)34-31(40)32-23-14-8-9-20(17-23)18-27(37)38/h1-3,6-9,12-17,21,29H,4-5,10-11,18-19H2,(H,37,38)(H2,32,34,40). The number of urea groups is 1. The van der Waals surface area contributed by atoms with Crippen LogP contribution in [0.4, 0.5) is 16.2 Å². The predicted octanol–water partition coefficient (Wildman–Crippen LogP) is 4.40. The molecule has 0 radical (unpaired) electrons. The van der Waals surface area contributed by atoms with Gasteiger partial charge in [0.05, 0.1) is 24.4 Å². The zero-order chi connectivity index (χ0) is 28.1. The number of hydrogen-bond donors (Lipinski definition) is 3. The second kappa shape index (κ2) is 11.9. The number of fused-ring (bicyclic) bond motifs is 1. The van der Waals surface area contributed by atoms with Crippen LogP contribution in [0, 0.1) is 5.92 Å². The van der Waals surface area contributed by atoms with Crippen LogP contribution < -0.4 is 15.5 Å². The van der Waals surface area contributed by atoms with E-state index >= 15 is 0 Å². The molecule has 9 heteroatoms. The largest absolute Gasteiger partial charge is 0.481 e. The van der Waals surface area contributed by atoms with E-state index in [2.05, 4.69) is 10.6 Å². The Balaban J connectivity index is 1.47. The molecule has 1 saturated carbocycles. The molecule has 3 aromatic rings. The molecule has 1 aliphatic heterocycles. The average Bonchev–Trinajstić information content (AvgIpc) is 3.46. The van der Waals surface area contributed by atoms with Gasteiger partial charge in [0.1, 0.15) is 0 Å². The summed E-state index contributed by atoms with van der Waals surface area (Å²) in [5, 5.41) is 14.4. The van der Waals surface area contributed by atoms with Gasteiger partial charge in [-0.05, 0) is 36.6 Å². The first-order valence-electron chi connectivity index (χ1n) is 13.3. The van der Waals surface area contributed by atoms with Gasteiger partial charge in [0.15, 0.2) is 5.78 Å². The van der Waals surface area contributed by atoms with Gasteiger partial charge in [-0.25, -0.2) is 9.79 Å². The van der Waals surface area contributed by atoms with Crippen molar-refractivity contribution in [1.82, 2.24) is 5.32 Å². The number of carbonyl (C=O) groups excluding carboxylic acids is 3. The first-order valence-corrected chi connectivity index (χ1v) is 13.3. The smallest absolute Gasteiger partial charge is 0.321 e. The number of aliphatic carboxylic acids is 1. The van der Waals surface area contributed by atoms with Crippen LogP contribution in [-0.4, -0.2) is 47.2 Å². The molecule has 2 aliphatic rings. The fourth-order valence-corrected chi connectivity index (χ4v) is 5.27. The van der Waals surface area contributed by atoms with E-state index in [0.29, 0.717) is 28.2 Å². The van der Waals surface area contributed by atoms with Crippen LogP contribution >= 0.6 is 0 Å². The van der Waals surface area contributed by atoms with Gasteiger partial charge < -0.3 is 20.6 Å². The second-order valence-electron chi connectivity index (χ2n) is 10.0. The van der Waals surface area contributed by atoms with Gasteiger partial charge in [-0.3, -0.25) is 14.4 Å². The van der Waals surface area contributed by atoms with Crippen LogP contribution in [0.1, 0.15) is 42.4 Å². The van der Waals surface area contributed by atoms with Gasteiger partial charge in [0.2, 0.25) is 6.17 Å². The summed E-state index contributed by atoms with van der Waals surface area (Å²) >= 11 is 0. The third-order valence-corrected chi connectivity index (χ3v) is 7.19. The number of aliphatic imine (C=N–C) groups is 1. The highest BCUT2D eigenvalue weighted by atomic mass is 16.4. The number of carbonyl (C=O) groups is 4. The minimum atomic E-state index is -1.30. The fraction of sp³-hybridized carbons (Fsp3) is 0.258. The van der Waals surface area contributed by atoms with E-state index in [1.54, 1.807) is 30.3 Å². The lowest BCUT2D eigenvalue weighted by Gasteiger charge is -2.26. The molecule has 5 rings (SSSR count). The summed E-state index contributed by atoms with van der Waals surface area (Å²) in [6.45, 7) is -0.102. The molecule has 204 valence electrons. The maximum absolute atomic E-state index is 14.0. The Labute approximate surface area is 231 Å². The number of rotatable bonds is 8. The summed E-state index contributed by atoms with van der Waals surface area (Å²) in [7, 11) is 0. The summed E-state index contributed by atoms with van der Waals surface area (Å²) in [6.07, 6.45) is 2.14. The molecule has 40 heavy (non-hydrogen) atoms. The number of anilines is 2. The SMILES string of the molecule is O=C(O)Cc1cccc(NC(=O)NC2N=C(c3ccccc3)c3ccccc3N(CC(=O)C3CCCC3)C2=O)c1. The van der Waals surface area contributed by atoms with Crippen molar-refractivity contribution in [2.45, 2.75) is 38.3 Å². The summed E-state index contributed by atoms with van der Waals surface area (Å²) in [4.78, 5) is 57.5. The van der Waals surface area contributed by atoms with E-state index in [0.717, 1.165) is 31.2 Å². The highest BCUT2D eigenvalue weighted by Gasteiger charge is 2.35. The fourth-order valence-electron chi connectivity index (χ4n) is 5.27. The number of para-hydroxylation sites is 1. The lowest BCUT2D eigenvalue weighted by molar-refractivity contribution is -0.136. The molecule has 0 spiro atoms.